The molecule has 1 saturated heterocycles. The van der Waals surface area contributed by atoms with E-state index in [-0.39, 0.29) is 23.3 Å². The number of hydrogen-bond acceptors (Lipinski definition) is 5. The summed E-state index contributed by atoms with van der Waals surface area (Å²) < 4.78 is 7.45. The molecule has 8 heteroatoms. The molecular formula is C19H29N5O3. The highest BCUT2D eigenvalue weighted by Crippen LogP contribution is 2.35. The summed E-state index contributed by atoms with van der Waals surface area (Å²) in [6, 6.07) is 0. The maximum Gasteiger partial charge on any atom is 0.292 e. The predicted molar refractivity (Wildman–Crippen MR) is 97.9 cm³/mol. The minimum Gasteiger partial charge on any atom is -0.381 e. The van der Waals surface area contributed by atoms with Crippen LogP contribution in [0.5, 0.6) is 0 Å². The van der Waals surface area contributed by atoms with Gasteiger partial charge in [-0.05, 0) is 32.6 Å². The molecule has 0 atom stereocenters. The van der Waals surface area contributed by atoms with Crippen LogP contribution >= 0.6 is 0 Å². The Morgan fingerprint density at radius 3 is 2.67 bits per heavy atom. The van der Waals surface area contributed by atoms with E-state index in [0.29, 0.717) is 44.5 Å². The number of fused-ring (bicyclic) bond motifs is 1. The van der Waals surface area contributed by atoms with E-state index in [2.05, 4.69) is 15.5 Å². The smallest absolute Gasteiger partial charge is 0.292 e. The number of nitrogens with zero attached hydrogens (tertiary/aromatic N) is 4. The molecule has 1 spiro atoms. The molecule has 2 amide bonds. The largest absolute Gasteiger partial charge is 0.381 e. The molecule has 27 heavy (non-hydrogen) atoms. The third-order valence-electron chi connectivity index (χ3n) is 6.43. The number of rotatable bonds is 4. The van der Waals surface area contributed by atoms with Gasteiger partial charge in [0.2, 0.25) is 11.7 Å². The van der Waals surface area contributed by atoms with Gasteiger partial charge in [-0.15, -0.1) is 10.2 Å². The fourth-order valence-electron chi connectivity index (χ4n) is 4.84. The predicted octanol–water partition coefficient (Wildman–Crippen LogP) is 1.50. The second-order valence-corrected chi connectivity index (χ2v) is 7.96. The fourth-order valence-corrected chi connectivity index (χ4v) is 4.84. The number of amides is 2. The van der Waals surface area contributed by atoms with E-state index in [1.807, 2.05) is 16.4 Å². The van der Waals surface area contributed by atoms with Gasteiger partial charge in [-0.2, -0.15) is 0 Å². The van der Waals surface area contributed by atoms with Crippen molar-refractivity contribution < 1.29 is 14.3 Å². The number of likely N-dealkylation sites (N-methyl/N-ethyl adjacent to an activating group) is 1. The summed E-state index contributed by atoms with van der Waals surface area (Å²) in [6.07, 6.45) is 7.06. The molecule has 148 valence electrons. The van der Waals surface area contributed by atoms with Crippen molar-refractivity contribution in [2.24, 2.45) is 5.92 Å². The lowest BCUT2D eigenvalue weighted by Gasteiger charge is -2.48. The van der Waals surface area contributed by atoms with E-state index in [1.54, 1.807) is 0 Å². The molecule has 0 bridgehead atoms. The second-order valence-electron chi connectivity index (χ2n) is 7.96. The van der Waals surface area contributed by atoms with E-state index in [1.165, 1.54) is 6.42 Å². The van der Waals surface area contributed by atoms with Crippen molar-refractivity contribution in [2.75, 3.05) is 19.8 Å². The standard InChI is InChI=1S/C19H29N5O3/c1-2-24-18(26)16-22-21-15(12-20-17(25)14-6-4-3-5-7-14)23(16)13-19(24)8-10-27-11-9-19/h14H,2-13H2,1H3,(H,20,25). The van der Waals surface area contributed by atoms with Crippen LogP contribution in [0, 0.1) is 5.92 Å². The Morgan fingerprint density at radius 1 is 1.22 bits per heavy atom. The summed E-state index contributed by atoms with van der Waals surface area (Å²) in [7, 11) is 0. The lowest BCUT2D eigenvalue weighted by molar-refractivity contribution is -0.126. The molecule has 2 aliphatic heterocycles. The Balaban J connectivity index is 1.51. The van der Waals surface area contributed by atoms with Gasteiger partial charge in [-0.3, -0.25) is 9.59 Å². The third kappa shape index (κ3) is 3.35. The Kier molecular flexibility index (Phi) is 5.16. The molecule has 1 aliphatic carbocycles. The first kappa shape index (κ1) is 18.4. The van der Waals surface area contributed by atoms with E-state index in [9.17, 15) is 9.59 Å². The van der Waals surface area contributed by atoms with Crippen LogP contribution in [0.3, 0.4) is 0 Å². The Morgan fingerprint density at radius 2 is 1.96 bits per heavy atom. The van der Waals surface area contributed by atoms with Crippen LogP contribution < -0.4 is 5.32 Å². The highest BCUT2D eigenvalue weighted by molar-refractivity contribution is 5.92. The molecule has 0 unspecified atom stereocenters. The summed E-state index contributed by atoms with van der Waals surface area (Å²) in [4.78, 5) is 27.4. The van der Waals surface area contributed by atoms with E-state index >= 15 is 0 Å². The van der Waals surface area contributed by atoms with Crippen LogP contribution in [0.15, 0.2) is 0 Å². The number of carbonyl (C=O) groups is 2. The van der Waals surface area contributed by atoms with Crippen molar-refractivity contribution in [3.63, 3.8) is 0 Å². The van der Waals surface area contributed by atoms with Crippen molar-refractivity contribution in [3.8, 4) is 0 Å². The van der Waals surface area contributed by atoms with Gasteiger partial charge in [0, 0.05) is 32.2 Å². The van der Waals surface area contributed by atoms with Gasteiger partial charge >= 0.3 is 0 Å². The normalized spacial score (nSPS) is 22.7. The maximum atomic E-state index is 13.0. The first-order valence-electron chi connectivity index (χ1n) is 10.2. The summed E-state index contributed by atoms with van der Waals surface area (Å²) in [6.45, 7) is 4.98. The molecule has 2 fully saturated rings. The lowest BCUT2D eigenvalue weighted by Crippen LogP contribution is -2.60. The number of ether oxygens (including phenoxy) is 1. The molecule has 0 aromatic carbocycles. The van der Waals surface area contributed by atoms with Gasteiger partial charge in [0.05, 0.1) is 12.1 Å². The molecule has 0 radical (unpaired) electrons. The Hall–Kier alpha value is -1.96. The van der Waals surface area contributed by atoms with Crippen LogP contribution in [-0.2, 0) is 22.6 Å². The second kappa shape index (κ2) is 7.58. The average molecular weight is 375 g/mol. The molecule has 1 aromatic heterocycles. The van der Waals surface area contributed by atoms with E-state index in [0.717, 1.165) is 38.5 Å². The monoisotopic (exact) mass is 375 g/mol. The molecular weight excluding hydrogens is 346 g/mol. The molecule has 1 aromatic rings. The van der Waals surface area contributed by atoms with Crippen LogP contribution in [0.1, 0.15) is 68.3 Å². The van der Waals surface area contributed by atoms with Crippen molar-refractivity contribution >= 4 is 11.8 Å². The van der Waals surface area contributed by atoms with E-state index < -0.39 is 0 Å². The first-order chi connectivity index (χ1) is 13.1. The molecule has 3 heterocycles. The molecule has 4 rings (SSSR count). The van der Waals surface area contributed by atoms with Crippen molar-refractivity contribution in [1.29, 1.82) is 0 Å². The molecule has 3 aliphatic rings. The van der Waals surface area contributed by atoms with Crippen LogP contribution in [0.2, 0.25) is 0 Å². The summed E-state index contributed by atoms with van der Waals surface area (Å²) in [5, 5.41) is 11.4. The van der Waals surface area contributed by atoms with Crippen molar-refractivity contribution in [1.82, 2.24) is 25.0 Å². The molecule has 1 saturated carbocycles. The SMILES string of the molecule is CCN1C(=O)c2nnc(CNC(=O)C3CCCCC3)n2CC12CCOCC2. The quantitative estimate of drug-likeness (QED) is 0.861. The van der Waals surface area contributed by atoms with Crippen LogP contribution in [-0.4, -0.2) is 56.8 Å². The minimum atomic E-state index is -0.235. The zero-order valence-corrected chi connectivity index (χ0v) is 16.1. The Bertz CT molecular complexity index is 704. The zero-order chi connectivity index (χ0) is 18.9. The van der Waals surface area contributed by atoms with Gasteiger partial charge < -0.3 is 19.5 Å². The number of hydrogen-bond donors (Lipinski definition) is 1. The minimum absolute atomic E-state index is 0.0667. The number of nitrogens with one attached hydrogen (secondary N) is 1. The number of carbonyl (C=O) groups excluding carboxylic acids is 2. The van der Waals surface area contributed by atoms with Crippen molar-refractivity contribution in [2.45, 2.75) is 70.5 Å². The van der Waals surface area contributed by atoms with Crippen LogP contribution in [0.25, 0.3) is 0 Å². The van der Waals surface area contributed by atoms with Gasteiger partial charge in [0.1, 0.15) is 0 Å². The highest BCUT2D eigenvalue weighted by atomic mass is 16.5. The van der Waals surface area contributed by atoms with Gasteiger partial charge in [0.25, 0.3) is 5.91 Å². The highest BCUT2D eigenvalue weighted by Gasteiger charge is 2.47. The average Bonchev–Trinajstić information content (AvgIpc) is 3.10. The van der Waals surface area contributed by atoms with Crippen molar-refractivity contribution in [3.05, 3.63) is 11.6 Å². The van der Waals surface area contributed by atoms with Crippen LogP contribution in [0.4, 0.5) is 0 Å². The lowest BCUT2D eigenvalue weighted by atomic mass is 9.86. The molecule has 1 N–H and O–H groups in total. The van der Waals surface area contributed by atoms with Gasteiger partial charge in [0.15, 0.2) is 5.82 Å². The van der Waals surface area contributed by atoms with Gasteiger partial charge in [-0.25, -0.2) is 0 Å². The van der Waals surface area contributed by atoms with E-state index in [4.69, 9.17) is 4.74 Å². The third-order valence-corrected chi connectivity index (χ3v) is 6.43. The topological polar surface area (TPSA) is 89.4 Å². The van der Waals surface area contributed by atoms with Gasteiger partial charge in [-0.1, -0.05) is 19.3 Å². The first-order valence-corrected chi connectivity index (χ1v) is 10.2. The number of aromatic nitrogens is 3. The Labute approximate surface area is 159 Å². The summed E-state index contributed by atoms with van der Waals surface area (Å²) in [5.41, 5.74) is -0.235. The summed E-state index contributed by atoms with van der Waals surface area (Å²) >= 11 is 0. The zero-order valence-electron chi connectivity index (χ0n) is 16.1. The maximum absolute atomic E-state index is 13.0. The summed E-state index contributed by atoms with van der Waals surface area (Å²) in [5.74, 6) is 1.20. The molecule has 8 nitrogen and oxygen atoms in total. The fraction of sp³-hybridized carbons (Fsp3) is 0.789.